The summed E-state index contributed by atoms with van der Waals surface area (Å²) in [7, 11) is 0. The Bertz CT molecular complexity index is 1740. The number of nitrogens with one attached hydrogen (secondary N) is 1. The minimum atomic E-state index is -0.104. The van der Waals surface area contributed by atoms with Crippen molar-refractivity contribution in [1.29, 1.82) is 0 Å². The summed E-state index contributed by atoms with van der Waals surface area (Å²) >= 11 is 0. The fraction of sp³-hybridized carbons (Fsp3) is 0.0294. The van der Waals surface area contributed by atoms with Gasteiger partial charge in [0.25, 0.3) is 0 Å². The summed E-state index contributed by atoms with van der Waals surface area (Å²) in [4.78, 5) is 5.24. The van der Waals surface area contributed by atoms with Crippen LogP contribution in [-0.2, 0) is 0 Å². The average Bonchev–Trinajstić information content (AvgIpc) is 3.32. The van der Waals surface area contributed by atoms with Crippen molar-refractivity contribution >= 4 is 33.5 Å². The molecule has 3 nitrogen and oxygen atoms in total. The van der Waals surface area contributed by atoms with Crippen LogP contribution in [0.1, 0.15) is 17.2 Å². The Hall–Kier alpha value is -4.89. The van der Waals surface area contributed by atoms with Crippen molar-refractivity contribution in [2.45, 2.75) is 6.04 Å². The van der Waals surface area contributed by atoms with Crippen molar-refractivity contribution in [2.24, 2.45) is 4.99 Å². The smallest absolute Gasteiger partial charge is 0.208 e. The van der Waals surface area contributed by atoms with Crippen LogP contribution < -0.4 is 5.32 Å². The first-order chi connectivity index (χ1) is 18.3. The van der Waals surface area contributed by atoms with Crippen LogP contribution in [0.2, 0.25) is 0 Å². The van der Waals surface area contributed by atoms with E-state index in [4.69, 9.17) is 4.99 Å². The molecular formula is C34H25N3. The molecule has 176 valence electrons. The summed E-state index contributed by atoms with van der Waals surface area (Å²) in [6.07, 6.45) is 2.23. The van der Waals surface area contributed by atoms with Gasteiger partial charge in [0.05, 0.1) is 17.1 Å². The standard InChI is InChI=1S/C34H25N3/c1-3-12-24(13-4-1)26-16-11-17-27(22-26)31-23-30(25-14-5-2-6-15-25)35-34(36-31)37-32-20-9-7-18-28(32)29-19-8-10-21-33(29)37/h1-23,30H,(H,35,36). The Morgan fingerprint density at radius 1 is 0.541 bits per heavy atom. The van der Waals surface area contributed by atoms with E-state index in [0.717, 1.165) is 28.3 Å². The van der Waals surface area contributed by atoms with Crippen molar-refractivity contribution in [3.63, 3.8) is 0 Å². The number of aliphatic imine (C=N–C) groups is 1. The van der Waals surface area contributed by atoms with Crippen LogP contribution in [-0.4, -0.2) is 10.5 Å². The Balaban J connectivity index is 1.40. The van der Waals surface area contributed by atoms with E-state index in [1.807, 2.05) is 0 Å². The fourth-order valence-corrected chi connectivity index (χ4v) is 5.27. The highest BCUT2D eigenvalue weighted by Crippen LogP contribution is 2.33. The normalized spacial score (nSPS) is 15.3. The topological polar surface area (TPSA) is 29.3 Å². The van der Waals surface area contributed by atoms with Crippen molar-refractivity contribution in [2.75, 3.05) is 0 Å². The molecule has 2 heterocycles. The van der Waals surface area contributed by atoms with E-state index in [1.54, 1.807) is 0 Å². The van der Waals surface area contributed by atoms with Crippen LogP contribution in [0, 0.1) is 0 Å². The highest BCUT2D eigenvalue weighted by molar-refractivity contribution is 6.14. The van der Waals surface area contributed by atoms with E-state index in [-0.39, 0.29) is 6.04 Å². The molecule has 7 rings (SSSR count). The van der Waals surface area contributed by atoms with E-state index in [2.05, 4.69) is 149 Å². The van der Waals surface area contributed by atoms with E-state index >= 15 is 0 Å². The third kappa shape index (κ3) is 3.82. The first-order valence-electron chi connectivity index (χ1n) is 12.6. The zero-order chi connectivity index (χ0) is 24.6. The second-order valence-electron chi connectivity index (χ2n) is 9.33. The van der Waals surface area contributed by atoms with E-state index < -0.39 is 0 Å². The number of nitrogens with zero attached hydrogens (tertiary/aromatic N) is 2. The second kappa shape index (κ2) is 8.96. The molecule has 1 aliphatic rings. The van der Waals surface area contributed by atoms with Gasteiger partial charge in [-0.25, -0.2) is 4.99 Å². The van der Waals surface area contributed by atoms with Gasteiger partial charge in [-0.2, -0.15) is 0 Å². The van der Waals surface area contributed by atoms with Gasteiger partial charge >= 0.3 is 0 Å². The molecule has 1 aromatic heterocycles. The molecular weight excluding hydrogens is 450 g/mol. The number of hydrogen-bond donors (Lipinski definition) is 1. The average molecular weight is 476 g/mol. The zero-order valence-electron chi connectivity index (χ0n) is 20.3. The van der Waals surface area contributed by atoms with Gasteiger partial charge in [-0.3, -0.25) is 4.57 Å². The lowest BCUT2D eigenvalue weighted by molar-refractivity contribution is 0.860. The van der Waals surface area contributed by atoms with Crippen LogP contribution in [0.4, 0.5) is 0 Å². The maximum atomic E-state index is 5.24. The van der Waals surface area contributed by atoms with Crippen molar-refractivity contribution in [3.8, 4) is 11.1 Å². The molecule has 0 aliphatic carbocycles. The molecule has 0 amide bonds. The predicted octanol–water partition coefficient (Wildman–Crippen LogP) is 8.05. The molecule has 1 unspecified atom stereocenters. The number of benzene rings is 5. The lowest BCUT2D eigenvalue weighted by Gasteiger charge is -2.24. The van der Waals surface area contributed by atoms with E-state index in [1.165, 1.54) is 27.5 Å². The van der Waals surface area contributed by atoms with Gasteiger partial charge in [0.2, 0.25) is 5.96 Å². The molecule has 0 spiro atoms. The Kier molecular flexibility index (Phi) is 5.18. The van der Waals surface area contributed by atoms with Crippen molar-refractivity contribution in [3.05, 3.63) is 151 Å². The minimum Gasteiger partial charge on any atom is -0.325 e. The van der Waals surface area contributed by atoms with Crippen molar-refractivity contribution in [1.82, 2.24) is 9.88 Å². The van der Waals surface area contributed by atoms with Crippen LogP contribution in [0.3, 0.4) is 0 Å². The molecule has 0 bridgehead atoms. The van der Waals surface area contributed by atoms with Gasteiger partial charge in [-0.05, 0) is 46.5 Å². The maximum Gasteiger partial charge on any atom is 0.208 e. The summed E-state index contributed by atoms with van der Waals surface area (Å²) < 4.78 is 2.26. The number of aromatic nitrogens is 1. The van der Waals surface area contributed by atoms with Crippen LogP contribution in [0.5, 0.6) is 0 Å². The van der Waals surface area contributed by atoms with Crippen LogP contribution >= 0.6 is 0 Å². The summed E-state index contributed by atoms with van der Waals surface area (Å²) in [5.41, 5.74) is 8.03. The quantitative estimate of drug-likeness (QED) is 0.276. The summed E-state index contributed by atoms with van der Waals surface area (Å²) in [6, 6.07) is 46.8. The van der Waals surface area contributed by atoms with Crippen molar-refractivity contribution < 1.29 is 0 Å². The molecule has 37 heavy (non-hydrogen) atoms. The molecule has 6 aromatic rings. The number of para-hydroxylation sites is 2. The molecule has 5 aromatic carbocycles. The monoisotopic (exact) mass is 475 g/mol. The zero-order valence-corrected chi connectivity index (χ0v) is 20.3. The van der Waals surface area contributed by atoms with Gasteiger partial charge in [0.15, 0.2) is 0 Å². The van der Waals surface area contributed by atoms with E-state index in [9.17, 15) is 0 Å². The number of rotatable bonds is 3. The number of hydrogen-bond acceptors (Lipinski definition) is 2. The third-order valence-electron chi connectivity index (χ3n) is 7.05. The summed E-state index contributed by atoms with van der Waals surface area (Å²) in [5, 5.41) is 6.16. The molecule has 0 saturated heterocycles. The van der Waals surface area contributed by atoms with Gasteiger partial charge in [-0.1, -0.05) is 115 Å². The number of fused-ring (bicyclic) bond motifs is 3. The fourth-order valence-electron chi connectivity index (χ4n) is 5.27. The Morgan fingerprint density at radius 2 is 1.11 bits per heavy atom. The first-order valence-corrected chi connectivity index (χ1v) is 12.6. The lowest BCUT2D eigenvalue weighted by Crippen LogP contribution is -2.32. The minimum absolute atomic E-state index is 0.104. The molecule has 1 atom stereocenters. The molecule has 0 fully saturated rings. The van der Waals surface area contributed by atoms with Crippen LogP contribution in [0.15, 0.2) is 145 Å². The summed E-state index contributed by atoms with van der Waals surface area (Å²) in [5.74, 6) is 0.828. The highest BCUT2D eigenvalue weighted by Gasteiger charge is 2.22. The molecule has 1 aliphatic heterocycles. The highest BCUT2D eigenvalue weighted by atomic mass is 15.2. The Labute approximate surface area is 216 Å². The van der Waals surface area contributed by atoms with Crippen LogP contribution in [0.25, 0.3) is 38.6 Å². The maximum absolute atomic E-state index is 5.24. The Morgan fingerprint density at radius 3 is 1.81 bits per heavy atom. The molecule has 3 heteroatoms. The first kappa shape index (κ1) is 21.4. The summed E-state index contributed by atoms with van der Waals surface area (Å²) in [6.45, 7) is 0. The van der Waals surface area contributed by atoms with E-state index in [0.29, 0.717) is 0 Å². The molecule has 0 radical (unpaired) electrons. The van der Waals surface area contributed by atoms with Gasteiger partial charge in [0, 0.05) is 16.5 Å². The SMILES string of the molecule is C1=C(c2cccc(-c3ccccc3)c2)NC(n2c3ccccc3c3ccccc32)=NC1c1ccccc1. The molecule has 0 saturated carbocycles. The largest absolute Gasteiger partial charge is 0.325 e. The second-order valence-corrected chi connectivity index (χ2v) is 9.33. The molecule has 1 N–H and O–H groups in total. The predicted molar refractivity (Wildman–Crippen MR) is 154 cm³/mol. The third-order valence-corrected chi connectivity index (χ3v) is 7.05. The lowest BCUT2D eigenvalue weighted by atomic mass is 9.99. The van der Waals surface area contributed by atoms with Gasteiger partial charge in [-0.15, -0.1) is 0 Å². The van der Waals surface area contributed by atoms with Gasteiger partial charge < -0.3 is 5.32 Å². The van der Waals surface area contributed by atoms with Gasteiger partial charge in [0.1, 0.15) is 0 Å².